The first-order valence-corrected chi connectivity index (χ1v) is 43.0. The van der Waals surface area contributed by atoms with E-state index in [-0.39, 0.29) is 102 Å². The molecule has 4 aliphatic carbocycles. The van der Waals surface area contributed by atoms with Crippen molar-refractivity contribution in [1.82, 2.24) is 99.8 Å². The maximum atomic E-state index is 13.0. The summed E-state index contributed by atoms with van der Waals surface area (Å²) in [5, 5.41) is 80.9. The predicted octanol–water partition coefficient (Wildman–Crippen LogP) is 15.6. The number of furan rings is 4. The molecule has 40 nitrogen and oxygen atoms in total. The summed E-state index contributed by atoms with van der Waals surface area (Å²) in [6.07, 6.45) is 39.0. The van der Waals surface area contributed by atoms with E-state index in [1.807, 2.05) is 137 Å². The summed E-state index contributed by atoms with van der Waals surface area (Å²) in [7, 11) is 0. The van der Waals surface area contributed by atoms with Gasteiger partial charge in [-0.05, 0) is 195 Å². The Labute approximate surface area is 753 Å². The molecule has 0 radical (unpaired) electrons. The number of aromatic amines is 4. The first-order chi connectivity index (χ1) is 64.6. The molecule has 16 aromatic rings. The molecule has 0 unspecified atom stereocenters. The minimum atomic E-state index is -0.370. The second-order valence-electron chi connectivity index (χ2n) is 30.7. The Balaban J connectivity index is 0.000000132. The molecule has 4 saturated carbocycles. The van der Waals surface area contributed by atoms with Crippen LogP contribution in [0.1, 0.15) is 164 Å². The van der Waals surface area contributed by atoms with E-state index in [0.717, 1.165) is 106 Å². The number of H-pyrrole nitrogens is 4. The van der Waals surface area contributed by atoms with E-state index in [1.54, 1.807) is 123 Å². The molecular weight excluding hydrogens is 1700 g/mol. The standard InChI is InChI=1S/C24H26N6O3.3C22H22N6O3.2CH2O2/c1-2-32-18-8-6-17(7-9-18)30-15-20(23(29-30)19-5-3-4-12-25-19)28-24(31)22-11-10-21(33-22)16-13-26-27-14-16;2*1-2-30-16-9-15(10-16)28-13-18(21(27-28)17-5-3-4-8-23-17)26-22(29)20-7-6-19(31-20)14-11-24-25-12-14;29-16-6-4-15(5-7-16)28-13-18(21(27-28)17-3-1-2-10-23-17)26-22(30)20-9-8-19(31-20)14-11-24-25-12-14;2*2-1-3/h3-5,10-15,17-18H,2,6-9H2,1H3,(H,26,27)(H,28,31);2*3-8,11-13,15-16H,2,9-10H2,1H3,(H,24,25)(H,26,29);1-3,8-13,15-16,29H,4-7H2,(H,24,25)(H,26,30);2*1H,(H,2,3). The van der Waals surface area contributed by atoms with Crippen LogP contribution in [-0.2, 0) is 23.8 Å². The van der Waals surface area contributed by atoms with Crippen molar-refractivity contribution < 1.29 is 76.0 Å². The van der Waals surface area contributed by atoms with Gasteiger partial charge in [0.1, 0.15) is 45.8 Å². The van der Waals surface area contributed by atoms with Crippen molar-refractivity contribution in [2.45, 2.75) is 146 Å². The molecule has 0 saturated heterocycles. The van der Waals surface area contributed by atoms with Gasteiger partial charge in [-0.15, -0.1) is 0 Å². The topological polar surface area (TPSA) is 529 Å². The Morgan fingerprint density at radius 2 is 0.629 bits per heavy atom. The van der Waals surface area contributed by atoms with Crippen LogP contribution in [0.25, 0.3) is 90.8 Å². The van der Waals surface area contributed by atoms with Gasteiger partial charge in [0.05, 0.1) is 141 Å². The fourth-order valence-corrected chi connectivity index (χ4v) is 15.5. The first-order valence-electron chi connectivity index (χ1n) is 43.0. The second-order valence-corrected chi connectivity index (χ2v) is 30.7. The zero-order chi connectivity index (χ0) is 91.7. The van der Waals surface area contributed by atoms with Crippen LogP contribution in [0.3, 0.4) is 0 Å². The van der Waals surface area contributed by atoms with Crippen LogP contribution < -0.4 is 21.3 Å². The number of rotatable bonds is 26. The first kappa shape index (κ1) is 90.8. The molecule has 0 atom stereocenters. The zero-order valence-electron chi connectivity index (χ0n) is 72.0. The van der Waals surface area contributed by atoms with Gasteiger partial charge in [0, 0.05) is 94.2 Å². The van der Waals surface area contributed by atoms with Crippen LogP contribution >= 0.6 is 0 Å². The number of amides is 4. The van der Waals surface area contributed by atoms with Crippen LogP contribution in [0.15, 0.2) is 238 Å². The number of pyridine rings is 4. The Hall–Kier alpha value is -15.9. The molecule has 20 rings (SSSR count). The molecule has 4 aliphatic rings. The average molecular weight is 1790 g/mol. The summed E-state index contributed by atoms with van der Waals surface area (Å²) in [6, 6.07) is 36.9. The van der Waals surface area contributed by atoms with E-state index < -0.39 is 0 Å². The fraction of sp³-hybridized carbons (Fsp3) is 0.283. The summed E-state index contributed by atoms with van der Waals surface area (Å²) in [5.74, 6) is 1.64. The third-order valence-corrected chi connectivity index (χ3v) is 22.2. The van der Waals surface area contributed by atoms with Crippen molar-refractivity contribution in [3.8, 4) is 90.8 Å². The molecule has 4 fully saturated rings. The number of hydrogen-bond acceptors (Lipinski definition) is 26. The minimum Gasteiger partial charge on any atom is -0.483 e. The summed E-state index contributed by atoms with van der Waals surface area (Å²) >= 11 is 0. The number of carboxylic acid groups (broad SMARTS) is 2. The summed E-state index contributed by atoms with van der Waals surface area (Å²) < 4.78 is 47.6. The number of ether oxygens (including phenoxy) is 3. The maximum Gasteiger partial charge on any atom is 0.291 e. The number of carbonyl (C=O) groups is 6. The molecule has 0 spiro atoms. The molecule has 132 heavy (non-hydrogen) atoms. The Morgan fingerprint density at radius 1 is 0.371 bits per heavy atom. The Bertz CT molecular complexity index is 6100. The highest BCUT2D eigenvalue weighted by atomic mass is 16.5. The molecule has 40 heteroatoms. The van der Waals surface area contributed by atoms with Gasteiger partial charge in [-0.2, -0.15) is 40.8 Å². The quantitative estimate of drug-likeness (QED) is 0.0224. The number of aliphatic hydroxyl groups is 1. The molecule has 680 valence electrons. The average Bonchev–Trinajstić information content (AvgIpc) is 1.64. The van der Waals surface area contributed by atoms with Gasteiger partial charge in [-0.25, -0.2) is 0 Å². The van der Waals surface area contributed by atoms with Gasteiger partial charge in [0.2, 0.25) is 0 Å². The van der Waals surface area contributed by atoms with Gasteiger partial charge in [0.25, 0.3) is 36.6 Å². The molecule has 0 aromatic carbocycles. The van der Waals surface area contributed by atoms with Crippen molar-refractivity contribution in [2.75, 3.05) is 41.1 Å². The number of hydrogen-bond donors (Lipinski definition) is 11. The van der Waals surface area contributed by atoms with E-state index in [9.17, 15) is 24.3 Å². The lowest BCUT2D eigenvalue weighted by molar-refractivity contribution is -0.123. The number of carbonyl (C=O) groups excluding carboxylic acids is 4. The van der Waals surface area contributed by atoms with Crippen molar-refractivity contribution in [2.24, 2.45) is 0 Å². The SMILES string of the molecule is CCOC1CC(n2cc(NC(=O)c3ccc(-c4cn[nH]c4)o3)c(-c3ccccn3)n2)C1.CCOC1CC(n2cc(NC(=O)c3ccc(-c4cn[nH]c4)o3)c(-c3ccccn3)n2)C1.CCOC1CCC(n2cc(NC(=O)c3ccc(-c4cn[nH]c4)o3)c(-c3ccccn3)n2)CC1.O=C(Nc1cn(C2CCC(O)CC2)nc1-c1ccccn1)c1ccc(-c2cn[nH]c2)o1.O=CO.O=CO. The molecule has 0 bridgehead atoms. The van der Waals surface area contributed by atoms with Crippen LogP contribution in [-0.4, -0.2) is 196 Å². The third-order valence-electron chi connectivity index (χ3n) is 22.2. The van der Waals surface area contributed by atoms with Gasteiger partial charge >= 0.3 is 0 Å². The molecular formula is C92H96N24O16. The Morgan fingerprint density at radius 3 is 0.871 bits per heavy atom. The normalized spacial score (nSPS) is 17.6. The van der Waals surface area contributed by atoms with Crippen LogP contribution in [0.4, 0.5) is 22.7 Å². The lowest BCUT2D eigenvalue weighted by Crippen LogP contribution is -2.33. The van der Waals surface area contributed by atoms with Gasteiger partial charge in [-0.1, -0.05) is 24.3 Å². The van der Waals surface area contributed by atoms with Crippen molar-refractivity contribution >= 4 is 59.3 Å². The van der Waals surface area contributed by atoms with E-state index >= 15 is 0 Å². The van der Waals surface area contributed by atoms with Crippen LogP contribution in [0.2, 0.25) is 0 Å². The Kier molecular flexibility index (Phi) is 30.4. The third kappa shape index (κ3) is 22.8. The van der Waals surface area contributed by atoms with E-state index in [4.69, 9.17) is 72.1 Å². The number of aromatic nitrogens is 20. The highest BCUT2D eigenvalue weighted by Crippen LogP contribution is 2.41. The fourth-order valence-electron chi connectivity index (χ4n) is 15.5. The zero-order valence-corrected chi connectivity index (χ0v) is 72.0. The highest BCUT2D eigenvalue weighted by molar-refractivity contribution is 6.07. The van der Waals surface area contributed by atoms with Gasteiger partial charge in [0.15, 0.2) is 23.0 Å². The molecule has 16 aromatic heterocycles. The van der Waals surface area contributed by atoms with Crippen LogP contribution in [0, 0.1) is 0 Å². The second kappa shape index (κ2) is 44.2. The lowest BCUT2D eigenvalue weighted by atomic mass is 9.89. The number of nitrogens with one attached hydrogen (secondary N) is 8. The number of aliphatic hydroxyl groups excluding tert-OH is 1. The molecule has 4 amide bonds. The number of anilines is 4. The predicted molar refractivity (Wildman–Crippen MR) is 480 cm³/mol. The minimum absolute atomic E-state index is 0.174. The summed E-state index contributed by atoms with van der Waals surface area (Å²) in [6.45, 7) is 7.69. The summed E-state index contributed by atoms with van der Waals surface area (Å²) in [5.41, 5.74) is 10.7. The van der Waals surface area contributed by atoms with Gasteiger partial charge < -0.3 is 68.5 Å². The van der Waals surface area contributed by atoms with E-state index in [1.165, 1.54) is 0 Å². The van der Waals surface area contributed by atoms with Crippen molar-refractivity contribution in [3.63, 3.8) is 0 Å². The van der Waals surface area contributed by atoms with E-state index in [0.29, 0.717) is 111 Å². The molecule has 16 heterocycles. The smallest absolute Gasteiger partial charge is 0.291 e. The van der Waals surface area contributed by atoms with Gasteiger partial charge in [-0.3, -0.25) is 87.8 Å². The van der Waals surface area contributed by atoms with Crippen LogP contribution in [0.5, 0.6) is 0 Å². The molecule has 11 N–H and O–H groups in total. The maximum absolute atomic E-state index is 13.0. The monoisotopic (exact) mass is 1790 g/mol. The molecule has 0 aliphatic heterocycles. The lowest BCUT2D eigenvalue weighted by Gasteiger charge is -2.34. The van der Waals surface area contributed by atoms with Crippen molar-refractivity contribution in [3.05, 3.63) is 244 Å². The highest BCUT2D eigenvalue weighted by Gasteiger charge is 2.36. The van der Waals surface area contributed by atoms with E-state index in [2.05, 4.69) is 82.0 Å². The van der Waals surface area contributed by atoms with Crippen molar-refractivity contribution in [1.29, 1.82) is 0 Å². The number of nitrogens with zero attached hydrogens (tertiary/aromatic N) is 16. The largest absolute Gasteiger partial charge is 0.483 e. The summed E-state index contributed by atoms with van der Waals surface area (Å²) in [4.78, 5) is 86.0.